The molecular weight excluding hydrogens is 302 g/mol. The van der Waals surface area contributed by atoms with Gasteiger partial charge in [-0.05, 0) is 31.0 Å². The number of aromatic nitrogens is 1. The predicted molar refractivity (Wildman–Crippen MR) is 95.0 cm³/mol. The SMILES string of the molecule is Cc1nc2ccccc2c(C)c1CC(=O)N1CCN(CCO)CC1. The summed E-state index contributed by atoms with van der Waals surface area (Å²) in [7, 11) is 0. The highest BCUT2D eigenvalue weighted by Gasteiger charge is 2.22. The molecule has 5 heteroatoms. The summed E-state index contributed by atoms with van der Waals surface area (Å²) in [4.78, 5) is 21.5. The van der Waals surface area contributed by atoms with Crippen molar-refractivity contribution in [2.75, 3.05) is 39.3 Å². The van der Waals surface area contributed by atoms with Crippen molar-refractivity contribution in [2.24, 2.45) is 0 Å². The molecule has 1 saturated heterocycles. The van der Waals surface area contributed by atoms with Crippen LogP contribution in [0.4, 0.5) is 0 Å². The second-order valence-electron chi connectivity index (χ2n) is 6.44. The first-order chi connectivity index (χ1) is 11.6. The monoisotopic (exact) mass is 327 g/mol. The quantitative estimate of drug-likeness (QED) is 0.925. The third kappa shape index (κ3) is 3.42. The normalized spacial score (nSPS) is 15.9. The van der Waals surface area contributed by atoms with E-state index >= 15 is 0 Å². The van der Waals surface area contributed by atoms with E-state index in [-0.39, 0.29) is 12.5 Å². The molecule has 0 radical (unpaired) electrons. The van der Waals surface area contributed by atoms with Crippen LogP contribution in [0.25, 0.3) is 10.9 Å². The van der Waals surface area contributed by atoms with Gasteiger partial charge in [0.25, 0.3) is 0 Å². The van der Waals surface area contributed by atoms with Crippen molar-refractivity contribution in [2.45, 2.75) is 20.3 Å². The van der Waals surface area contributed by atoms with Crippen molar-refractivity contribution < 1.29 is 9.90 Å². The largest absolute Gasteiger partial charge is 0.395 e. The molecule has 1 amide bonds. The van der Waals surface area contributed by atoms with Crippen LogP contribution in [-0.4, -0.2) is 65.1 Å². The van der Waals surface area contributed by atoms with Crippen molar-refractivity contribution in [3.05, 3.63) is 41.1 Å². The molecule has 1 fully saturated rings. The highest BCUT2D eigenvalue weighted by molar-refractivity contribution is 5.86. The van der Waals surface area contributed by atoms with E-state index in [0.717, 1.165) is 53.9 Å². The highest BCUT2D eigenvalue weighted by atomic mass is 16.3. The van der Waals surface area contributed by atoms with Gasteiger partial charge in [-0.15, -0.1) is 0 Å². The Labute approximate surface area is 142 Å². The molecular formula is C19H25N3O2. The number of benzene rings is 1. The number of hydrogen-bond donors (Lipinski definition) is 1. The number of aryl methyl sites for hydroxylation is 2. The maximum absolute atomic E-state index is 12.7. The van der Waals surface area contributed by atoms with Gasteiger partial charge < -0.3 is 10.0 Å². The van der Waals surface area contributed by atoms with Crippen molar-refractivity contribution in [3.63, 3.8) is 0 Å². The number of fused-ring (bicyclic) bond motifs is 1. The van der Waals surface area contributed by atoms with Gasteiger partial charge in [-0.25, -0.2) is 0 Å². The maximum atomic E-state index is 12.7. The zero-order valence-electron chi connectivity index (χ0n) is 14.5. The molecule has 3 rings (SSSR count). The number of carbonyl (C=O) groups is 1. The molecule has 0 aliphatic carbocycles. The number of carbonyl (C=O) groups excluding carboxylic acids is 1. The third-order valence-electron chi connectivity index (χ3n) is 4.95. The summed E-state index contributed by atoms with van der Waals surface area (Å²) in [6.45, 7) is 8.07. The fourth-order valence-corrected chi connectivity index (χ4v) is 3.46. The van der Waals surface area contributed by atoms with Gasteiger partial charge in [-0.3, -0.25) is 14.7 Å². The second-order valence-corrected chi connectivity index (χ2v) is 6.44. The fraction of sp³-hybridized carbons (Fsp3) is 0.474. The van der Waals surface area contributed by atoms with Crippen LogP contribution in [0, 0.1) is 13.8 Å². The molecule has 0 spiro atoms. The fourth-order valence-electron chi connectivity index (χ4n) is 3.46. The topological polar surface area (TPSA) is 56.7 Å². The summed E-state index contributed by atoms with van der Waals surface area (Å²) in [6.07, 6.45) is 0.412. The van der Waals surface area contributed by atoms with Crippen LogP contribution in [0.3, 0.4) is 0 Å². The second kappa shape index (κ2) is 7.28. The Bertz CT molecular complexity index is 737. The number of aliphatic hydroxyl groups excluding tert-OH is 1. The van der Waals surface area contributed by atoms with E-state index < -0.39 is 0 Å². The standard InChI is InChI=1S/C19H25N3O2/c1-14-16-5-3-4-6-18(16)20-15(2)17(14)13-19(24)22-9-7-21(8-10-22)11-12-23/h3-6,23H,7-13H2,1-2H3. The van der Waals surface area contributed by atoms with Crippen LogP contribution in [0.15, 0.2) is 24.3 Å². The first-order valence-electron chi connectivity index (χ1n) is 8.56. The van der Waals surface area contributed by atoms with Crippen molar-refractivity contribution >= 4 is 16.8 Å². The summed E-state index contributed by atoms with van der Waals surface area (Å²) in [6, 6.07) is 8.09. The van der Waals surface area contributed by atoms with Gasteiger partial charge in [0.15, 0.2) is 0 Å². The molecule has 0 bridgehead atoms. The van der Waals surface area contributed by atoms with E-state index in [9.17, 15) is 4.79 Å². The van der Waals surface area contributed by atoms with E-state index in [1.54, 1.807) is 0 Å². The van der Waals surface area contributed by atoms with Gasteiger partial charge >= 0.3 is 0 Å². The Morgan fingerprint density at radius 1 is 1.17 bits per heavy atom. The zero-order valence-corrected chi connectivity index (χ0v) is 14.5. The lowest BCUT2D eigenvalue weighted by molar-refractivity contribution is -0.132. The van der Waals surface area contributed by atoms with Crippen molar-refractivity contribution in [3.8, 4) is 0 Å². The molecule has 24 heavy (non-hydrogen) atoms. The smallest absolute Gasteiger partial charge is 0.227 e. The molecule has 1 aromatic carbocycles. The lowest BCUT2D eigenvalue weighted by atomic mass is 9.99. The van der Waals surface area contributed by atoms with Crippen LogP contribution in [0.2, 0.25) is 0 Å². The summed E-state index contributed by atoms with van der Waals surface area (Å²) in [5.74, 6) is 0.168. The molecule has 1 N–H and O–H groups in total. The number of hydrogen-bond acceptors (Lipinski definition) is 4. The number of β-amino-alcohol motifs (C(OH)–C–C–N with tert-alkyl or cyclic N) is 1. The number of pyridine rings is 1. The first-order valence-corrected chi connectivity index (χ1v) is 8.56. The highest BCUT2D eigenvalue weighted by Crippen LogP contribution is 2.23. The average molecular weight is 327 g/mol. The summed E-state index contributed by atoms with van der Waals surface area (Å²) >= 11 is 0. The minimum absolute atomic E-state index is 0.168. The molecule has 1 aliphatic rings. The van der Waals surface area contributed by atoms with E-state index in [1.807, 2.05) is 30.0 Å². The van der Waals surface area contributed by atoms with Crippen LogP contribution in [-0.2, 0) is 11.2 Å². The van der Waals surface area contributed by atoms with E-state index in [2.05, 4.69) is 22.9 Å². The van der Waals surface area contributed by atoms with Crippen molar-refractivity contribution in [1.82, 2.24) is 14.8 Å². The molecule has 0 unspecified atom stereocenters. The van der Waals surface area contributed by atoms with Gasteiger partial charge in [-0.1, -0.05) is 18.2 Å². The van der Waals surface area contributed by atoms with Gasteiger partial charge in [0.2, 0.25) is 5.91 Å². The lowest BCUT2D eigenvalue weighted by Crippen LogP contribution is -2.49. The van der Waals surface area contributed by atoms with Crippen LogP contribution < -0.4 is 0 Å². The summed E-state index contributed by atoms with van der Waals surface area (Å²) < 4.78 is 0. The number of nitrogens with zero attached hydrogens (tertiary/aromatic N) is 3. The first kappa shape index (κ1) is 16.9. The van der Waals surface area contributed by atoms with E-state index in [0.29, 0.717) is 13.0 Å². The zero-order chi connectivity index (χ0) is 17.1. The van der Waals surface area contributed by atoms with Crippen LogP contribution >= 0.6 is 0 Å². The third-order valence-corrected chi connectivity index (χ3v) is 4.95. The molecule has 0 atom stereocenters. The average Bonchev–Trinajstić information content (AvgIpc) is 2.59. The molecule has 2 heterocycles. The molecule has 0 saturated carbocycles. The Balaban J connectivity index is 1.74. The Morgan fingerprint density at radius 2 is 1.88 bits per heavy atom. The maximum Gasteiger partial charge on any atom is 0.227 e. The Morgan fingerprint density at radius 3 is 2.58 bits per heavy atom. The molecule has 2 aromatic rings. The molecule has 5 nitrogen and oxygen atoms in total. The van der Waals surface area contributed by atoms with Gasteiger partial charge in [-0.2, -0.15) is 0 Å². The number of aliphatic hydroxyl groups is 1. The Hall–Kier alpha value is -1.98. The summed E-state index contributed by atoms with van der Waals surface area (Å²) in [5.41, 5.74) is 4.14. The molecule has 128 valence electrons. The van der Waals surface area contributed by atoms with Gasteiger partial charge in [0, 0.05) is 43.8 Å². The number of para-hydroxylation sites is 1. The molecule has 1 aromatic heterocycles. The van der Waals surface area contributed by atoms with E-state index in [1.165, 1.54) is 0 Å². The lowest BCUT2D eigenvalue weighted by Gasteiger charge is -2.34. The number of rotatable bonds is 4. The number of piperazine rings is 1. The van der Waals surface area contributed by atoms with Crippen LogP contribution in [0.1, 0.15) is 16.8 Å². The Kier molecular flexibility index (Phi) is 5.11. The van der Waals surface area contributed by atoms with E-state index in [4.69, 9.17) is 5.11 Å². The molecule has 1 aliphatic heterocycles. The van der Waals surface area contributed by atoms with Gasteiger partial charge in [0.1, 0.15) is 0 Å². The summed E-state index contributed by atoms with van der Waals surface area (Å²) in [5, 5.41) is 10.1. The van der Waals surface area contributed by atoms with Crippen LogP contribution in [0.5, 0.6) is 0 Å². The predicted octanol–water partition coefficient (Wildman–Crippen LogP) is 1.53. The minimum atomic E-state index is 0.168. The van der Waals surface area contributed by atoms with Gasteiger partial charge in [0.05, 0.1) is 18.5 Å². The minimum Gasteiger partial charge on any atom is -0.395 e. The van der Waals surface area contributed by atoms with Crippen molar-refractivity contribution in [1.29, 1.82) is 0 Å². The number of amides is 1.